The van der Waals surface area contributed by atoms with E-state index < -0.39 is 16.8 Å². The molecule has 7 heteroatoms. The van der Waals surface area contributed by atoms with E-state index in [2.05, 4.69) is 10.3 Å². The van der Waals surface area contributed by atoms with Crippen molar-refractivity contribution < 1.29 is 18.9 Å². The second-order valence-corrected chi connectivity index (χ2v) is 6.43. The molecule has 0 aromatic carbocycles. The van der Waals surface area contributed by atoms with Crippen LogP contribution in [0.4, 0.5) is 0 Å². The fourth-order valence-corrected chi connectivity index (χ4v) is 3.41. The molecule has 0 unspecified atom stereocenters. The number of hydrogen-bond acceptors (Lipinski definition) is 4. The lowest BCUT2D eigenvalue weighted by Crippen LogP contribution is -2.39. The number of amides is 1. The lowest BCUT2D eigenvalue weighted by atomic mass is 10.1. The van der Waals surface area contributed by atoms with Crippen molar-refractivity contribution in [3.8, 4) is 0 Å². The van der Waals surface area contributed by atoms with Crippen molar-refractivity contribution in [2.45, 2.75) is 18.9 Å². The molecule has 21 heavy (non-hydrogen) atoms. The summed E-state index contributed by atoms with van der Waals surface area (Å²) in [5, 5.41) is 11.6. The summed E-state index contributed by atoms with van der Waals surface area (Å²) < 4.78 is 11.3. The summed E-state index contributed by atoms with van der Waals surface area (Å²) in [5.41, 5.74) is 0.839. The average Bonchev–Trinajstić information content (AvgIpc) is 2.47. The number of aliphatic carboxylic acids is 1. The van der Waals surface area contributed by atoms with E-state index >= 15 is 0 Å². The van der Waals surface area contributed by atoms with Crippen molar-refractivity contribution in [3.63, 3.8) is 0 Å². The average molecular weight is 308 g/mol. The largest absolute Gasteiger partial charge is 0.478 e. The first-order valence-electron chi connectivity index (χ1n) is 6.57. The molecule has 0 saturated carbocycles. The third kappa shape index (κ3) is 4.49. The van der Waals surface area contributed by atoms with Crippen LogP contribution in [0.25, 0.3) is 6.08 Å². The zero-order valence-corrected chi connectivity index (χ0v) is 12.1. The molecule has 0 atom stereocenters. The maximum Gasteiger partial charge on any atom is 0.328 e. The van der Waals surface area contributed by atoms with Gasteiger partial charge < -0.3 is 10.4 Å². The van der Waals surface area contributed by atoms with Gasteiger partial charge >= 0.3 is 5.97 Å². The Morgan fingerprint density at radius 1 is 1.38 bits per heavy atom. The van der Waals surface area contributed by atoms with Crippen LogP contribution in [0.1, 0.15) is 28.8 Å². The molecule has 112 valence electrons. The zero-order valence-electron chi connectivity index (χ0n) is 11.3. The monoisotopic (exact) mass is 308 g/mol. The fourth-order valence-electron chi connectivity index (χ4n) is 2.11. The Bertz CT molecular complexity index is 590. The zero-order chi connectivity index (χ0) is 15.2. The second kappa shape index (κ2) is 7.12. The van der Waals surface area contributed by atoms with Crippen LogP contribution < -0.4 is 5.32 Å². The number of aromatic nitrogens is 1. The molecule has 2 rings (SSSR count). The quantitative estimate of drug-likeness (QED) is 0.803. The van der Waals surface area contributed by atoms with Gasteiger partial charge in [0.1, 0.15) is 0 Å². The van der Waals surface area contributed by atoms with E-state index in [1.54, 1.807) is 6.07 Å². The van der Waals surface area contributed by atoms with E-state index in [-0.39, 0.29) is 11.9 Å². The molecule has 1 aromatic rings. The Labute approximate surface area is 124 Å². The van der Waals surface area contributed by atoms with Crippen molar-refractivity contribution in [1.29, 1.82) is 0 Å². The Balaban J connectivity index is 2.08. The lowest BCUT2D eigenvalue weighted by Gasteiger charge is -2.22. The lowest BCUT2D eigenvalue weighted by molar-refractivity contribution is -0.131. The number of rotatable bonds is 4. The molecule has 2 heterocycles. The molecule has 1 amide bonds. The van der Waals surface area contributed by atoms with Gasteiger partial charge in [0.05, 0.1) is 0 Å². The maximum absolute atomic E-state index is 12.3. The van der Waals surface area contributed by atoms with Gasteiger partial charge in [-0.2, -0.15) is 0 Å². The van der Waals surface area contributed by atoms with Crippen LogP contribution in [0, 0.1) is 0 Å². The summed E-state index contributed by atoms with van der Waals surface area (Å²) in [6, 6.07) is 1.57. The van der Waals surface area contributed by atoms with Crippen molar-refractivity contribution >= 4 is 28.8 Å². The van der Waals surface area contributed by atoms with Crippen molar-refractivity contribution in [2.75, 3.05) is 11.5 Å². The summed E-state index contributed by atoms with van der Waals surface area (Å²) in [7, 11) is -0.771. The minimum atomic E-state index is -1.08. The summed E-state index contributed by atoms with van der Waals surface area (Å²) in [6.45, 7) is 0. The molecule has 0 aliphatic carbocycles. The minimum absolute atomic E-state index is 0.0136. The number of nitrogens with zero attached hydrogens (tertiary/aromatic N) is 1. The number of hydrogen-bond donors (Lipinski definition) is 2. The summed E-state index contributed by atoms with van der Waals surface area (Å²) in [5.74, 6) is -0.139. The van der Waals surface area contributed by atoms with Crippen LogP contribution >= 0.6 is 0 Å². The van der Waals surface area contributed by atoms with Crippen LogP contribution in [-0.2, 0) is 15.6 Å². The third-order valence-electron chi connectivity index (χ3n) is 3.23. The Hall–Kier alpha value is -2.02. The van der Waals surface area contributed by atoms with Gasteiger partial charge in [-0.3, -0.25) is 14.0 Å². The summed E-state index contributed by atoms with van der Waals surface area (Å²) >= 11 is 0. The molecule has 2 N–H and O–H groups in total. The molecular formula is C14H16N2O4S. The first-order chi connectivity index (χ1) is 10.1. The maximum atomic E-state index is 12.3. The number of pyridine rings is 1. The van der Waals surface area contributed by atoms with Gasteiger partial charge in [0, 0.05) is 57.9 Å². The van der Waals surface area contributed by atoms with E-state index in [1.165, 1.54) is 18.5 Å². The van der Waals surface area contributed by atoms with Gasteiger partial charge in [0.25, 0.3) is 5.91 Å². The number of carboxylic acid groups (broad SMARTS) is 1. The molecule has 6 nitrogen and oxygen atoms in total. The second-order valence-electron chi connectivity index (χ2n) is 4.73. The molecule has 0 bridgehead atoms. The SMILES string of the molecule is O=C(O)/C=C/c1cnccc1C(=O)NC1CCS(=O)CC1. The molecule has 1 aliphatic rings. The number of carbonyl (C=O) groups excluding carboxylic acids is 1. The predicted molar refractivity (Wildman–Crippen MR) is 79.3 cm³/mol. The first-order valence-corrected chi connectivity index (χ1v) is 8.06. The standard InChI is InChI=1S/C14H16N2O4S/c17-13(18)2-1-10-9-15-6-3-12(10)14(19)16-11-4-7-21(20)8-5-11/h1-3,6,9,11H,4-5,7-8H2,(H,16,19)(H,17,18)/b2-1+. The number of nitrogens with one attached hydrogen (secondary N) is 1. The van der Waals surface area contributed by atoms with Crippen LogP contribution in [0.5, 0.6) is 0 Å². The van der Waals surface area contributed by atoms with Gasteiger partial charge in [-0.1, -0.05) is 0 Å². The molecule has 1 fully saturated rings. The van der Waals surface area contributed by atoms with E-state index in [0.29, 0.717) is 35.5 Å². The van der Waals surface area contributed by atoms with Gasteiger partial charge in [-0.05, 0) is 25.0 Å². The molecule has 1 saturated heterocycles. The highest BCUT2D eigenvalue weighted by atomic mass is 32.2. The molecule has 0 spiro atoms. The number of carbonyl (C=O) groups is 2. The van der Waals surface area contributed by atoms with Crippen LogP contribution in [0.3, 0.4) is 0 Å². The molecule has 1 aliphatic heterocycles. The van der Waals surface area contributed by atoms with Crippen LogP contribution in [0.2, 0.25) is 0 Å². The molecule has 1 aromatic heterocycles. The highest BCUT2D eigenvalue weighted by Crippen LogP contribution is 2.13. The van der Waals surface area contributed by atoms with Crippen LogP contribution in [-0.4, -0.2) is 43.7 Å². The third-order valence-corrected chi connectivity index (χ3v) is 4.61. The topological polar surface area (TPSA) is 96.4 Å². The van der Waals surface area contributed by atoms with Crippen molar-refractivity contribution in [3.05, 3.63) is 35.7 Å². The fraction of sp³-hybridized carbons (Fsp3) is 0.357. The van der Waals surface area contributed by atoms with Gasteiger partial charge in [-0.15, -0.1) is 0 Å². The summed E-state index contributed by atoms with van der Waals surface area (Å²) in [4.78, 5) is 26.7. The Kier molecular flexibility index (Phi) is 5.21. The van der Waals surface area contributed by atoms with Crippen molar-refractivity contribution in [1.82, 2.24) is 10.3 Å². The normalized spacial score (nSPS) is 22.1. The predicted octanol–water partition coefficient (Wildman–Crippen LogP) is 0.820. The smallest absolute Gasteiger partial charge is 0.328 e. The van der Waals surface area contributed by atoms with Gasteiger partial charge in [-0.25, -0.2) is 4.79 Å². The highest BCUT2D eigenvalue weighted by Gasteiger charge is 2.20. The number of carboxylic acids is 1. The molecule has 0 radical (unpaired) electrons. The Morgan fingerprint density at radius 2 is 2.10 bits per heavy atom. The molecular weight excluding hydrogens is 292 g/mol. The van der Waals surface area contributed by atoms with E-state index in [4.69, 9.17) is 5.11 Å². The Morgan fingerprint density at radius 3 is 2.76 bits per heavy atom. The summed E-state index contributed by atoms with van der Waals surface area (Å²) in [6.07, 6.45) is 6.65. The van der Waals surface area contributed by atoms with E-state index in [9.17, 15) is 13.8 Å². The first kappa shape index (κ1) is 15.4. The van der Waals surface area contributed by atoms with Gasteiger partial charge in [0.15, 0.2) is 0 Å². The highest BCUT2D eigenvalue weighted by molar-refractivity contribution is 7.85. The minimum Gasteiger partial charge on any atom is -0.478 e. The van der Waals surface area contributed by atoms with E-state index in [0.717, 1.165) is 6.08 Å². The van der Waals surface area contributed by atoms with Crippen molar-refractivity contribution in [2.24, 2.45) is 0 Å². The van der Waals surface area contributed by atoms with Gasteiger partial charge in [0.2, 0.25) is 0 Å². The van der Waals surface area contributed by atoms with Crippen LogP contribution in [0.15, 0.2) is 24.5 Å². The van der Waals surface area contributed by atoms with E-state index in [1.807, 2.05) is 0 Å².